The fourth-order valence-electron chi connectivity index (χ4n) is 2.11. The molecule has 88 valence electrons. The van der Waals surface area contributed by atoms with Crippen molar-refractivity contribution in [3.05, 3.63) is 24.0 Å². The van der Waals surface area contributed by atoms with Crippen LogP contribution in [-0.2, 0) is 18.4 Å². The first-order chi connectivity index (χ1) is 7.66. The van der Waals surface area contributed by atoms with Crippen molar-refractivity contribution >= 4 is 5.91 Å². The van der Waals surface area contributed by atoms with E-state index in [9.17, 15) is 4.79 Å². The van der Waals surface area contributed by atoms with Gasteiger partial charge in [0, 0.05) is 51.5 Å². The third-order valence-electron chi connectivity index (χ3n) is 3.25. The summed E-state index contributed by atoms with van der Waals surface area (Å²) in [6, 6.07) is 4.59. The molecular formula is C12H19N3O. The lowest BCUT2D eigenvalue weighted by Gasteiger charge is -2.30. The van der Waals surface area contributed by atoms with Gasteiger partial charge in [0.1, 0.15) is 0 Å². The molecule has 16 heavy (non-hydrogen) atoms. The smallest absolute Gasteiger partial charge is 0.222 e. The third-order valence-corrected chi connectivity index (χ3v) is 3.25. The van der Waals surface area contributed by atoms with E-state index in [4.69, 9.17) is 0 Å². The van der Waals surface area contributed by atoms with Crippen LogP contribution in [0.1, 0.15) is 18.5 Å². The molecule has 4 nitrogen and oxygen atoms in total. The Bertz CT molecular complexity index is 372. The number of likely N-dealkylation sites (tertiary alicyclic amines) is 1. The van der Waals surface area contributed by atoms with Gasteiger partial charge in [-0.15, -0.1) is 0 Å². The highest BCUT2D eigenvalue weighted by Crippen LogP contribution is 2.10. The van der Waals surface area contributed by atoms with Crippen LogP contribution < -0.4 is 5.32 Å². The van der Waals surface area contributed by atoms with Crippen molar-refractivity contribution in [2.75, 3.05) is 13.6 Å². The minimum absolute atomic E-state index is 0.261. The Hall–Kier alpha value is -1.29. The maximum absolute atomic E-state index is 11.3. The summed E-state index contributed by atoms with van der Waals surface area (Å²) in [5.41, 5.74) is 1.28. The maximum atomic E-state index is 11.3. The summed E-state index contributed by atoms with van der Waals surface area (Å²) >= 11 is 0. The molecule has 1 amide bonds. The van der Waals surface area contributed by atoms with Gasteiger partial charge < -0.3 is 14.8 Å². The number of aryl methyl sites for hydroxylation is 1. The van der Waals surface area contributed by atoms with Crippen molar-refractivity contribution < 1.29 is 4.79 Å². The zero-order valence-corrected chi connectivity index (χ0v) is 9.94. The molecule has 0 aromatic carbocycles. The molecule has 1 aliphatic heterocycles. The summed E-state index contributed by atoms with van der Waals surface area (Å²) in [4.78, 5) is 13.1. The first-order valence-corrected chi connectivity index (χ1v) is 5.74. The van der Waals surface area contributed by atoms with Gasteiger partial charge in [-0.2, -0.15) is 0 Å². The Morgan fingerprint density at radius 1 is 1.50 bits per heavy atom. The molecule has 1 N–H and O–H groups in total. The SMILES string of the molecule is CN1CC(NCc2cccn2C)CCC1=O. The van der Waals surface area contributed by atoms with Gasteiger partial charge in [0.05, 0.1) is 0 Å². The van der Waals surface area contributed by atoms with Crippen molar-refractivity contribution in [1.29, 1.82) is 0 Å². The molecule has 0 aliphatic carbocycles. The Morgan fingerprint density at radius 2 is 2.31 bits per heavy atom. The fraction of sp³-hybridized carbons (Fsp3) is 0.583. The van der Waals surface area contributed by atoms with E-state index in [1.807, 2.05) is 31.3 Å². The van der Waals surface area contributed by atoms with Crippen LogP contribution in [0.3, 0.4) is 0 Å². The van der Waals surface area contributed by atoms with E-state index in [2.05, 4.69) is 16.0 Å². The van der Waals surface area contributed by atoms with Crippen molar-refractivity contribution in [3.63, 3.8) is 0 Å². The molecule has 0 saturated carbocycles. The summed E-state index contributed by atoms with van der Waals surface area (Å²) in [7, 11) is 3.92. The largest absolute Gasteiger partial charge is 0.353 e. The van der Waals surface area contributed by atoms with Gasteiger partial charge in [-0.1, -0.05) is 0 Å². The minimum Gasteiger partial charge on any atom is -0.353 e. The van der Waals surface area contributed by atoms with E-state index in [1.54, 1.807) is 0 Å². The molecule has 1 aliphatic rings. The summed E-state index contributed by atoms with van der Waals surface area (Å²) in [5, 5.41) is 3.50. The zero-order valence-electron chi connectivity index (χ0n) is 9.94. The first-order valence-electron chi connectivity index (χ1n) is 5.74. The molecule has 1 fully saturated rings. The number of aromatic nitrogens is 1. The van der Waals surface area contributed by atoms with E-state index < -0.39 is 0 Å². The Labute approximate surface area is 96.2 Å². The normalized spacial score (nSPS) is 21.5. The molecule has 1 saturated heterocycles. The van der Waals surface area contributed by atoms with E-state index in [0.29, 0.717) is 12.5 Å². The number of hydrogen-bond donors (Lipinski definition) is 1. The number of piperidine rings is 1. The molecule has 0 bridgehead atoms. The number of nitrogens with zero attached hydrogens (tertiary/aromatic N) is 2. The molecule has 1 aromatic rings. The number of amides is 1. The van der Waals surface area contributed by atoms with Crippen LogP contribution in [0.15, 0.2) is 18.3 Å². The average Bonchev–Trinajstić information content (AvgIpc) is 2.66. The van der Waals surface area contributed by atoms with E-state index in [0.717, 1.165) is 19.5 Å². The maximum Gasteiger partial charge on any atom is 0.222 e. The predicted molar refractivity (Wildman–Crippen MR) is 62.9 cm³/mol. The molecule has 0 radical (unpaired) electrons. The number of nitrogens with one attached hydrogen (secondary N) is 1. The summed E-state index contributed by atoms with van der Waals surface area (Å²) in [5.74, 6) is 0.261. The second kappa shape index (κ2) is 4.70. The fourth-order valence-corrected chi connectivity index (χ4v) is 2.11. The van der Waals surface area contributed by atoms with Crippen molar-refractivity contribution in [1.82, 2.24) is 14.8 Å². The van der Waals surface area contributed by atoms with Crippen molar-refractivity contribution in [2.24, 2.45) is 7.05 Å². The third kappa shape index (κ3) is 2.44. The lowest BCUT2D eigenvalue weighted by atomic mass is 10.1. The number of rotatable bonds is 3. The zero-order chi connectivity index (χ0) is 11.5. The van der Waals surface area contributed by atoms with Gasteiger partial charge in [0.2, 0.25) is 5.91 Å². The Kier molecular flexibility index (Phi) is 3.29. The molecule has 2 heterocycles. The lowest BCUT2D eigenvalue weighted by Crippen LogP contribution is -2.46. The molecule has 1 atom stereocenters. The Balaban J connectivity index is 1.83. The minimum atomic E-state index is 0.261. The van der Waals surface area contributed by atoms with E-state index in [1.165, 1.54) is 5.69 Å². The first kappa shape index (κ1) is 11.2. The van der Waals surface area contributed by atoms with Gasteiger partial charge >= 0.3 is 0 Å². The highest BCUT2D eigenvalue weighted by atomic mass is 16.2. The summed E-state index contributed by atoms with van der Waals surface area (Å²) in [6.07, 6.45) is 3.67. The molecule has 0 spiro atoms. The Morgan fingerprint density at radius 3 is 2.94 bits per heavy atom. The molecule has 1 unspecified atom stereocenters. The van der Waals surface area contributed by atoms with Gasteiger partial charge in [-0.25, -0.2) is 0 Å². The van der Waals surface area contributed by atoms with Crippen LogP contribution in [0.4, 0.5) is 0 Å². The molecule has 2 rings (SSSR count). The van der Waals surface area contributed by atoms with Crippen LogP contribution in [0.5, 0.6) is 0 Å². The van der Waals surface area contributed by atoms with Crippen LogP contribution >= 0.6 is 0 Å². The quantitative estimate of drug-likeness (QED) is 0.817. The highest BCUT2D eigenvalue weighted by molar-refractivity contribution is 5.76. The number of likely N-dealkylation sites (N-methyl/N-ethyl adjacent to an activating group) is 1. The molecule has 1 aromatic heterocycles. The highest BCUT2D eigenvalue weighted by Gasteiger charge is 2.22. The van der Waals surface area contributed by atoms with Gasteiger partial charge in [-0.05, 0) is 18.6 Å². The van der Waals surface area contributed by atoms with E-state index in [-0.39, 0.29) is 5.91 Å². The van der Waals surface area contributed by atoms with Gasteiger partial charge in [-0.3, -0.25) is 4.79 Å². The van der Waals surface area contributed by atoms with Crippen molar-refractivity contribution in [3.8, 4) is 0 Å². The molecule has 4 heteroatoms. The summed E-state index contributed by atoms with van der Waals surface area (Å²) in [6.45, 7) is 1.69. The predicted octanol–water partition coefficient (Wildman–Crippen LogP) is 0.735. The van der Waals surface area contributed by atoms with Crippen LogP contribution in [0, 0.1) is 0 Å². The number of hydrogen-bond acceptors (Lipinski definition) is 2. The summed E-state index contributed by atoms with van der Waals surface area (Å²) < 4.78 is 2.12. The number of carbonyl (C=O) groups excluding carboxylic acids is 1. The van der Waals surface area contributed by atoms with Crippen LogP contribution in [0.25, 0.3) is 0 Å². The van der Waals surface area contributed by atoms with Crippen LogP contribution in [-0.4, -0.2) is 35.0 Å². The molecular weight excluding hydrogens is 202 g/mol. The monoisotopic (exact) mass is 221 g/mol. The van der Waals surface area contributed by atoms with E-state index >= 15 is 0 Å². The lowest BCUT2D eigenvalue weighted by molar-refractivity contribution is -0.132. The van der Waals surface area contributed by atoms with Crippen LogP contribution in [0.2, 0.25) is 0 Å². The average molecular weight is 221 g/mol. The second-order valence-corrected chi connectivity index (χ2v) is 4.50. The topological polar surface area (TPSA) is 37.3 Å². The standard InChI is InChI=1S/C12H19N3O/c1-14-7-3-4-11(14)8-13-10-5-6-12(16)15(2)9-10/h3-4,7,10,13H,5-6,8-9H2,1-2H3. The van der Waals surface area contributed by atoms with Gasteiger partial charge in [0.15, 0.2) is 0 Å². The number of carbonyl (C=O) groups is 1. The van der Waals surface area contributed by atoms with Crippen molar-refractivity contribution in [2.45, 2.75) is 25.4 Å². The van der Waals surface area contributed by atoms with Gasteiger partial charge in [0.25, 0.3) is 0 Å². The second-order valence-electron chi connectivity index (χ2n) is 4.50.